The van der Waals surface area contributed by atoms with Crippen molar-refractivity contribution in [3.63, 3.8) is 0 Å². The minimum absolute atomic E-state index is 0.0989. The molecule has 3 aromatic rings. The van der Waals surface area contributed by atoms with E-state index in [1.54, 1.807) is 30.3 Å². The lowest BCUT2D eigenvalue weighted by Gasteiger charge is -2.02. The maximum Gasteiger partial charge on any atom is 0.335 e. The van der Waals surface area contributed by atoms with Crippen LogP contribution in [0.25, 0.3) is 18.3 Å². The molecule has 0 aliphatic carbocycles. The van der Waals surface area contributed by atoms with Crippen LogP contribution in [0, 0.1) is 6.92 Å². The van der Waals surface area contributed by atoms with Gasteiger partial charge in [0.1, 0.15) is 11.5 Å². The summed E-state index contributed by atoms with van der Waals surface area (Å²) in [6.07, 6.45) is 1.60. The van der Waals surface area contributed by atoms with Gasteiger partial charge in [-0.15, -0.1) is 0 Å². The quantitative estimate of drug-likeness (QED) is 0.755. The fourth-order valence-electron chi connectivity index (χ4n) is 2.28. The number of rotatable bonds is 3. The van der Waals surface area contributed by atoms with Crippen LogP contribution in [0.2, 0.25) is 0 Å². The number of aromatic nitrogens is 2. The summed E-state index contributed by atoms with van der Waals surface area (Å²) in [5, 5.41) is 12.7. The fraction of sp³-hybridized carbons (Fsp3) is 0.0588. The van der Waals surface area contributed by atoms with E-state index in [0.717, 1.165) is 5.76 Å². The summed E-state index contributed by atoms with van der Waals surface area (Å²) in [5.41, 5.74) is 0.198. The number of hydrogen-bond acceptors (Lipinski definition) is 3. The Morgan fingerprint density at radius 1 is 1.35 bits per heavy atom. The Hall–Kier alpha value is -3.28. The molecule has 0 saturated carbocycles. The average molecular weight is 310 g/mol. The summed E-state index contributed by atoms with van der Waals surface area (Å²) in [4.78, 5) is 23.6. The molecule has 0 spiro atoms. The first-order chi connectivity index (χ1) is 11.0. The second kappa shape index (κ2) is 5.49. The van der Waals surface area contributed by atoms with Crippen LogP contribution in [0.1, 0.15) is 21.9 Å². The van der Waals surface area contributed by atoms with E-state index in [-0.39, 0.29) is 11.1 Å². The van der Waals surface area contributed by atoms with Crippen LogP contribution in [0.4, 0.5) is 0 Å². The van der Waals surface area contributed by atoms with Crippen molar-refractivity contribution in [3.8, 4) is 5.69 Å². The molecule has 1 aromatic carbocycles. The van der Waals surface area contributed by atoms with Crippen molar-refractivity contribution in [3.05, 3.63) is 74.4 Å². The molecule has 23 heavy (non-hydrogen) atoms. The van der Waals surface area contributed by atoms with Gasteiger partial charge in [0.15, 0.2) is 0 Å². The van der Waals surface area contributed by atoms with Gasteiger partial charge in [-0.3, -0.25) is 9.89 Å². The highest BCUT2D eigenvalue weighted by Gasteiger charge is 2.08. The summed E-state index contributed by atoms with van der Waals surface area (Å²) in [6, 6.07) is 9.66. The fourth-order valence-corrected chi connectivity index (χ4v) is 2.28. The number of aromatic amines is 1. The molecule has 116 valence electrons. The molecular formula is C17H14N2O4. The number of furan rings is 1. The normalized spacial score (nSPS) is 11.8. The summed E-state index contributed by atoms with van der Waals surface area (Å²) in [6.45, 7) is 5.64. The van der Waals surface area contributed by atoms with E-state index in [1.807, 2.05) is 6.92 Å². The topological polar surface area (TPSA) is 88.2 Å². The Bertz CT molecular complexity index is 1050. The molecule has 2 N–H and O–H groups in total. The van der Waals surface area contributed by atoms with Gasteiger partial charge >= 0.3 is 5.97 Å². The number of benzene rings is 1. The van der Waals surface area contributed by atoms with Crippen LogP contribution < -0.4 is 16.1 Å². The molecular weight excluding hydrogens is 296 g/mol. The van der Waals surface area contributed by atoms with E-state index >= 15 is 0 Å². The molecule has 0 fully saturated rings. The molecule has 0 atom stereocenters. The predicted molar refractivity (Wildman–Crippen MR) is 85.1 cm³/mol. The first kappa shape index (κ1) is 14.6. The Balaban J connectivity index is 2.17. The highest BCUT2D eigenvalue weighted by atomic mass is 16.4. The van der Waals surface area contributed by atoms with Gasteiger partial charge < -0.3 is 9.52 Å². The van der Waals surface area contributed by atoms with Gasteiger partial charge in [-0.25, -0.2) is 9.48 Å². The number of nitrogens with one attached hydrogen (secondary N) is 1. The van der Waals surface area contributed by atoms with E-state index in [2.05, 4.69) is 11.7 Å². The number of carboxylic acid groups (broad SMARTS) is 1. The first-order valence-electron chi connectivity index (χ1n) is 6.87. The largest absolute Gasteiger partial charge is 0.478 e. The maximum atomic E-state index is 12.6. The summed E-state index contributed by atoms with van der Waals surface area (Å²) in [5.74, 6) is 0.237. The van der Waals surface area contributed by atoms with Gasteiger partial charge in [-0.1, -0.05) is 12.6 Å². The Labute approximate surface area is 130 Å². The van der Waals surface area contributed by atoms with Crippen molar-refractivity contribution >= 4 is 18.6 Å². The van der Waals surface area contributed by atoms with E-state index in [1.165, 1.54) is 16.8 Å². The lowest BCUT2D eigenvalue weighted by molar-refractivity contribution is 0.0697. The molecule has 0 bridgehead atoms. The molecule has 0 aliphatic heterocycles. The third kappa shape index (κ3) is 2.74. The molecule has 0 aliphatic rings. The monoisotopic (exact) mass is 310 g/mol. The summed E-state index contributed by atoms with van der Waals surface area (Å²) < 4.78 is 6.70. The lowest BCUT2D eigenvalue weighted by Crippen LogP contribution is -2.33. The van der Waals surface area contributed by atoms with Crippen molar-refractivity contribution in [2.45, 2.75) is 6.92 Å². The van der Waals surface area contributed by atoms with Crippen molar-refractivity contribution < 1.29 is 14.3 Å². The minimum atomic E-state index is -1.06. The Morgan fingerprint density at radius 3 is 2.78 bits per heavy atom. The van der Waals surface area contributed by atoms with Crippen molar-refractivity contribution in [2.24, 2.45) is 0 Å². The van der Waals surface area contributed by atoms with E-state index in [0.29, 0.717) is 22.0 Å². The van der Waals surface area contributed by atoms with Crippen LogP contribution in [0.3, 0.4) is 0 Å². The van der Waals surface area contributed by atoms with Gasteiger partial charge in [0.25, 0.3) is 5.56 Å². The smallest absolute Gasteiger partial charge is 0.335 e. The van der Waals surface area contributed by atoms with Crippen LogP contribution >= 0.6 is 0 Å². The van der Waals surface area contributed by atoms with Crippen molar-refractivity contribution in [1.29, 1.82) is 0 Å². The number of nitrogens with zero attached hydrogens (tertiary/aromatic N) is 1. The average Bonchev–Trinajstić information content (AvgIpc) is 3.05. The number of aromatic carboxylic acids is 1. The molecule has 2 aromatic heterocycles. The van der Waals surface area contributed by atoms with Gasteiger partial charge in [-0.2, -0.15) is 0 Å². The predicted octanol–water partition coefficient (Wildman–Crippen LogP) is 1.00. The summed E-state index contributed by atoms with van der Waals surface area (Å²) in [7, 11) is 0. The molecule has 6 nitrogen and oxygen atoms in total. The van der Waals surface area contributed by atoms with Gasteiger partial charge in [0.05, 0.1) is 21.8 Å². The second-order valence-electron chi connectivity index (χ2n) is 5.09. The zero-order valence-electron chi connectivity index (χ0n) is 12.4. The van der Waals surface area contributed by atoms with Gasteiger partial charge in [0.2, 0.25) is 0 Å². The molecule has 0 radical (unpaired) electrons. The molecule has 0 saturated heterocycles. The van der Waals surface area contributed by atoms with E-state index in [4.69, 9.17) is 9.52 Å². The SMILES string of the molecule is C=c1[nH]n(-c2cccc(C(=O)O)c2)c(=O)/c1=C\c1ccc(C)o1. The third-order valence-corrected chi connectivity index (χ3v) is 3.40. The molecule has 2 heterocycles. The van der Waals surface area contributed by atoms with Gasteiger partial charge in [0, 0.05) is 0 Å². The molecule has 6 heteroatoms. The number of H-pyrrole nitrogens is 1. The molecule has 0 unspecified atom stereocenters. The van der Waals surface area contributed by atoms with E-state index in [9.17, 15) is 9.59 Å². The van der Waals surface area contributed by atoms with Gasteiger partial charge in [-0.05, 0) is 43.3 Å². The zero-order chi connectivity index (χ0) is 16.6. The Kier molecular flexibility index (Phi) is 3.50. The minimum Gasteiger partial charge on any atom is -0.478 e. The van der Waals surface area contributed by atoms with Crippen LogP contribution in [0.15, 0.2) is 45.6 Å². The lowest BCUT2D eigenvalue weighted by atomic mass is 10.2. The summed E-state index contributed by atoms with van der Waals surface area (Å²) >= 11 is 0. The first-order valence-corrected chi connectivity index (χ1v) is 6.87. The van der Waals surface area contributed by atoms with Crippen molar-refractivity contribution in [1.82, 2.24) is 9.78 Å². The number of hydrogen-bond donors (Lipinski definition) is 2. The number of carbonyl (C=O) groups is 1. The molecule has 0 amide bonds. The second-order valence-corrected chi connectivity index (χ2v) is 5.09. The van der Waals surface area contributed by atoms with Crippen molar-refractivity contribution in [2.75, 3.05) is 0 Å². The van der Waals surface area contributed by atoms with Crippen LogP contribution in [0.5, 0.6) is 0 Å². The van der Waals surface area contributed by atoms with Crippen LogP contribution in [-0.2, 0) is 0 Å². The van der Waals surface area contributed by atoms with Crippen LogP contribution in [-0.4, -0.2) is 20.9 Å². The highest BCUT2D eigenvalue weighted by Crippen LogP contribution is 2.08. The third-order valence-electron chi connectivity index (χ3n) is 3.40. The molecule has 3 rings (SSSR count). The number of aryl methyl sites for hydroxylation is 1. The maximum absolute atomic E-state index is 12.6. The standard InChI is InChI=1S/C17H14N2O4/c1-10-6-7-14(23-10)9-15-11(2)18-19(16(15)20)13-5-3-4-12(8-13)17(21)22/h3-9,18H,2H2,1H3,(H,21,22)/b15-9-. The Morgan fingerprint density at radius 2 is 2.13 bits per heavy atom. The zero-order valence-corrected chi connectivity index (χ0v) is 12.4. The number of carboxylic acids is 1. The van der Waals surface area contributed by atoms with E-state index < -0.39 is 5.97 Å². The highest BCUT2D eigenvalue weighted by molar-refractivity contribution is 5.88.